The molecule has 0 saturated carbocycles. The van der Waals surface area contributed by atoms with Crippen LogP contribution in [0.5, 0.6) is 0 Å². The fraction of sp³-hybridized carbons (Fsp3) is 0.143. The van der Waals surface area contributed by atoms with Crippen LogP contribution in [0.25, 0.3) is 11.1 Å². The number of aromatic nitrogens is 3. The predicted octanol–water partition coefficient (Wildman–Crippen LogP) is 4.40. The lowest BCUT2D eigenvalue weighted by atomic mass is 9.98. The average Bonchev–Trinajstić information content (AvgIpc) is 3.20. The Kier molecular flexibility index (Phi) is 6.56. The summed E-state index contributed by atoms with van der Waals surface area (Å²) in [6.07, 6.45) is -0.179. The van der Waals surface area contributed by atoms with Gasteiger partial charge in [0.2, 0.25) is 5.82 Å². The van der Waals surface area contributed by atoms with E-state index in [0.717, 1.165) is 18.5 Å². The Morgan fingerprint density at radius 2 is 1.85 bits per heavy atom. The maximum atomic E-state index is 13.8. The average molecular weight is 463 g/mol. The summed E-state index contributed by atoms with van der Waals surface area (Å²) in [7, 11) is 0. The van der Waals surface area contributed by atoms with Gasteiger partial charge in [0.15, 0.2) is 5.82 Å². The molecule has 0 aliphatic rings. The number of amidine groups is 1. The number of aliphatic imine (C=N–C) groups is 1. The number of nitrogens with one attached hydrogen (secondary N) is 2. The van der Waals surface area contributed by atoms with Gasteiger partial charge in [-0.3, -0.25) is 10.4 Å². The van der Waals surface area contributed by atoms with Gasteiger partial charge in [-0.1, -0.05) is 6.92 Å². The van der Waals surface area contributed by atoms with Crippen LogP contribution in [0.15, 0.2) is 53.4 Å². The minimum absolute atomic E-state index is 0.0959. The topological polar surface area (TPSA) is 130 Å². The molecule has 3 rings (SSSR count). The van der Waals surface area contributed by atoms with Crippen molar-refractivity contribution < 1.29 is 22.0 Å². The molecule has 1 unspecified atom stereocenters. The summed E-state index contributed by atoms with van der Waals surface area (Å²) in [5.74, 6) is -3.71. The van der Waals surface area contributed by atoms with Gasteiger partial charge in [0.1, 0.15) is 11.7 Å². The van der Waals surface area contributed by atoms with E-state index in [1.807, 2.05) is 0 Å². The molecule has 0 bridgehead atoms. The first-order valence-corrected chi connectivity index (χ1v) is 9.39. The van der Waals surface area contributed by atoms with Gasteiger partial charge in [0, 0.05) is 47.4 Å². The second-order valence-electron chi connectivity index (χ2n) is 6.96. The fourth-order valence-corrected chi connectivity index (χ4v) is 2.97. The first kappa shape index (κ1) is 23.6. The van der Waals surface area contributed by atoms with E-state index in [1.54, 1.807) is 13.0 Å². The Balaban J connectivity index is 1.94. The van der Waals surface area contributed by atoms with Crippen LogP contribution in [0.4, 0.5) is 27.6 Å². The number of hydrogen-bond acceptors (Lipinski definition) is 5. The monoisotopic (exact) mass is 463 g/mol. The molecule has 0 saturated heterocycles. The molecule has 0 aliphatic heterocycles. The van der Waals surface area contributed by atoms with Crippen molar-refractivity contribution in [3.05, 3.63) is 77.3 Å². The number of alkyl halides is 3. The quantitative estimate of drug-likeness (QED) is 0.245. The zero-order chi connectivity index (χ0) is 24.3. The summed E-state index contributed by atoms with van der Waals surface area (Å²) in [6.45, 7) is 1.73. The summed E-state index contributed by atoms with van der Waals surface area (Å²) >= 11 is 0. The van der Waals surface area contributed by atoms with E-state index in [-0.39, 0.29) is 22.8 Å². The molecule has 0 amide bonds. The second kappa shape index (κ2) is 9.18. The number of nitrogens with two attached hydrogens (primary N) is 2. The van der Waals surface area contributed by atoms with E-state index in [4.69, 9.17) is 16.9 Å². The van der Waals surface area contributed by atoms with Gasteiger partial charge in [0.25, 0.3) is 0 Å². The maximum Gasteiger partial charge on any atom is 0.451 e. The summed E-state index contributed by atoms with van der Waals surface area (Å²) in [5.41, 5.74) is 12.8. The largest absolute Gasteiger partial charge is 0.451 e. The van der Waals surface area contributed by atoms with E-state index in [1.165, 1.54) is 18.5 Å². The molecule has 2 heterocycles. The molecule has 172 valence electrons. The highest BCUT2D eigenvalue weighted by Crippen LogP contribution is 2.32. The molecule has 0 fully saturated rings. The van der Waals surface area contributed by atoms with Gasteiger partial charge in [-0.15, -0.1) is 0 Å². The van der Waals surface area contributed by atoms with Crippen molar-refractivity contribution >= 4 is 17.7 Å². The molecule has 7 nitrogen and oxygen atoms in total. The van der Waals surface area contributed by atoms with Crippen LogP contribution in [0, 0.1) is 17.0 Å². The molecule has 33 heavy (non-hydrogen) atoms. The number of nitrogen functional groups attached to an aromatic ring is 1. The van der Waals surface area contributed by atoms with Crippen molar-refractivity contribution in [2.45, 2.75) is 19.0 Å². The van der Waals surface area contributed by atoms with Crippen molar-refractivity contribution in [2.24, 2.45) is 16.5 Å². The van der Waals surface area contributed by atoms with E-state index >= 15 is 0 Å². The number of hydrogen-bond donors (Lipinski definition) is 4. The number of aromatic amines is 1. The zero-order valence-corrected chi connectivity index (χ0v) is 17.1. The van der Waals surface area contributed by atoms with Gasteiger partial charge in [-0.2, -0.15) is 13.2 Å². The lowest BCUT2D eigenvalue weighted by molar-refractivity contribution is -0.144. The van der Waals surface area contributed by atoms with Crippen LogP contribution >= 0.6 is 0 Å². The lowest BCUT2D eigenvalue weighted by Gasteiger charge is -2.10. The van der Waals surface area contributed by atoms with Crippen molar-refractivity contribution in [1.82, 2.24) is 15.0 Å². The SMILES string of the molecule is CC(C(C=Nc1ccc(F)cc1F)=CN)c1cc(-c2cnc(C(F)(F)F)nc2)c(C(=N)N)[nH]1. The highest BCUT2D eigenvalue weighted by atomic mass is 19.4. The molecule has 1 aromatic carbocycles. The van der Waals surface area contributed by atoms with Gasteiger partial charge in [-0.25, -0.2) is 18.7 Å². The molecule has 0 radical (unpaired) electrons. The molecule has 6 N–H and O–H groups in total. The van der Waals surface area contributed by atoms with Crippen LogP contribution in [-0.4, -0.2) is 27.0 Å². The van der Waals surface area contributed by atoms with Gasteiger partial charge < -0.3 is 16.5 Å². The first-order valence-electron chi connectivity index (χ1n) is 9.39. The van der Waals surface area contributed by atoms with Crippen LogP contribution < -0.4 is 11.5 Å². The van der Waals surface area contributed by atoms with Crippen LogP contribution in [-0.2, 0) is 6.18 Å². The first-order chi connectivity index (χ1) is 15.5. The van der Waals surface area contributed by atoms with Gasteiger partial charge in [-0.05, 0) is 30.0 Å². The Bertz CT molecular complexity index is 1230. The maximum absolute atomic E-state index is 13.8. The molecule has 12 heteroatoms. The van der Waals surface area contributed by atoms with Crippen molar-refractivity contribution in [2.75, 3.05) is 0 Å². The third-order valence-corrected chi connectivity index (χ3v) is 4.75. The highest BCUT2D eigenvalue weighted by Gasteiger charge is 2.34. The lowest BCUT2D eigenvalue weighted by Crippen LogP contribution is -2.14. The smallest absolute Gasteiger partial charge is 0.404 e. The van der Waals surface area contributed by atoms with Crippen LogP contribution in [0.1, 0.15) is 30.1 Å². The second-order valence-corrected chi connectivity index (χ2v) is 6.96. The summed E-state index contributed by atoms with van der Waals surface area (Å²) < 4.78 is 65.2. The number of H-pyrrole nitrogens is 1. The fourth-order valence-electron chi connectivity index (χ4n) is 2.97. The predicted molar refractivity (Wildman–Crippen MR) is 113 cm³/mol. The zero-order valence-electron chi connectivity index (χ0n) is 17.1. The molecule has 1 atom stereocenters. The Labute approximate surface area is 184 Å². The number of rotatable bonds is 6. The molecular weight excluding hydrogens is 445 g/mol. The van der Waals surface area contributed by atoms with Gasteiger partial charge in [0.05, 0.1) is 11.4 Å². The van der Waals surface area contributed by atoms with Crippen molar-refractivity contribution in [3.63, 3.8) is 0 Å². The Morgan fingerprint density at radius 3 is 2.39 bits per heavy atom. The summed E-state index contributed by atoms with van der Waals surface area (Å²) in [5, 5.41) is 7.80. The molecule has 3 aromatic rings. The van der Waals surface area contributed by atoms with E-state index in [0.29, 0.717) is 22.9 Å². The van der Waals surface area contributed by atoms with E-state index < -0.39 is 29.6 Å². The number of benzene rings is 1. The highest BCUT2D eigenvalue weighted by molar-refractivity contribution is 6.00. The summed E-state index contributed by atoms with van der Waals surface area (Å²) in [6, 6.07) is 4.51. The normalized spacial score (nSPS) is 13.5. The third-order valence-electron chi connectivity index (χ3n) is 4.75. The standard InChI is InChI=1S/C21H18F5N7/c1-10(11(6-27)7-30-16-3-2-13(22)4-15(16)23)17-5-14(18(33-17)19(28)29)12-8-31-20(32-9-12)21(24,25)26/h2-10,33H,27H2,1H3,(H3,28,29). The Hall–Kier alpha value is -4.09. The third kappa shape index (κ3) is 5.22. The molecular formula is C21H18F5N7. The van der Waals surface area contributed by atoms with Crippen LogP contribution in [0.2, 0.25) is 0 Å². The number of nitrogens with zero attached hydrogens (tertiary/aromatic N) is 3. The summed E-state index contributed by atoms with van der Waals surface area (Å²) in [4.78, 5) is 13.6. The van der Waals surface area contributed by atoms with Crippen LogP contribution in [0.3, 0.4) is 0 Å². The van der Waals surface area contributed by atoms with Crippen molar-refractivity contribution in [1.29, 1.82) is 5.41 Å². The van der Waals surface area contributed by atoms with E-state index in [9.17, 15) is 22.0 Å². The number of allylic oxidation sites excluding steroid dienone is 1. The molecule has 0 spiro atoms. The molecule has 0 aliphatic carbocycles. The van der Waals surface area contributed by atoms with Gasteiger partial charge >= 0.3 is 6.18 Å². The van der Waals surface area contributed by atoms with Crippen molar-refractivity contribution in [3.8, 4) is 11.1 Å². The minimum atomic E-state index is -4.69. The minimum Gasteiger partial charge on any atom is -0.404 e. The molecule has 2 aromatic heterocycles. The Morgan fingerprint density at radius 1 is 1.18 bits per heavy atom. The van der Waals surface area contributed by atoms with E-state index in [2.05, 4.69) is 19.9 Å². The number of halogens is 5.